The summed E-state index contributed by atoms with van der Waals surface area (Å²) in [7, 11) is 0. The van der Waals surface area contributed by atoms with Crippen LogP contribution in [0.15, 0.2) is 32.5 Å². The largest absolute Gasteiger partial charge is 0.370 e. The van der Waals surface area contributed by atoms with E-state index in [1.54, 1.807) is 27.7 Å². The first-order chi connectivity index (χ1) is 45.9. The van der Waals surface area contributed by atoms with E-state index in [4.69, 9.17) is 57.3 Å². The molecule has 0 aliphatic rings. The highest BCUT2D eigenvalue weighted by Gasteiger charge is 2.35. The van der Waals surface area contributed by atoms with E-state index in [0.29, 0.717) is 18.5 Å². The second-order valence-corrected chi connectivity index (χ2v) is 24.6. The molecule has 1 aromatic heterocycles. The molecule has 1 heterocycles. The third-order valence-electron chi connectivity index (χ3n) is 14.8. The van der Waals surface area contributed by atoms with Crippen LogP contribution in [0.25, 0.3) is 0 Å². The van der Waals surface area contributed by atoms with Gasteiger partial charge in [-0.05, 0) is 103 Å². The minimum Gasteiger partial charge on any atom is -0.370 e. The van der Waals surface area contributed by atoms with Crippen molar-refractivity contribution < 1.29 is 57.5 Å². The topological polar surface area (TPSA) is 675 Å². The zero-order valence-corrected chi connectivity index (χ0v) is 57.7. The Morgan fingerprint density at radius 3 is 1.20 bits per heavy atom. The quantitative estimate of drug-likeness (QED) is 0.0164. The maximum atomic E-state index is 14.4. The monoisotopic (exact) mass is 1390 g/mol. The van der Waals surface area contributed by atoms with Gasteiger partial charge in [0.2, 0.25) is 70.9 Å². The van der Waals surface area contributed by atoms with E-state index in [0.717, 1.165) is 0 Å². The molecule has 12 amide bonds. The number of aliphatic imine (C=N–C) groups is 4. The molecule has 39 heteroatoms. The van der Waals surface area contributed by atoms with Gasteiger partial charge in [0.15, 0.2) is 23.8 Å². The van der Waals surface area contributed by atoms with E-state index in [2.05, 4.69) is 88.4 Å². The molecule has 0 saturated carbocycles. The maximum Gasteiger partial charge on any atom is 0.243 e. The molecule has 0 radical (unpaired) electrons. The van der Waals surface area contributed by atoms with Gasteiger partial charge >= 0.3 is 0 Å². The fourth-order valence-electron chi connectivity index (χ4n) is 9.31. The van der Waals surface area contributed by atoms with Crippen molar-refractivity contribution in [3.63, 3.8) is 0 Å². The molecule has 0 spiro atoms. The first-order valence-electron chi connectivity index (χ1n) is 32.5. The van der Waals surface area contributed by atoms with Crippen molar-refractivity contribution >= 4 is 94.7 Å². The van der Waals surface area contributed by atoms with Crippen LogP contribution < -0.4 is 116 Å². The van der Waals surface area contributed by atoms with E-state index >= 15 is 0 Å². The molecule has 1 aromatic rings. The Balaban J connectivity index is 3.37. The lowest BCUT2D eigenvalue weighted by Gasteiger charge is -2.28. The molecular weight excluding hydrogens is 1280 g/mol. The van der Waals surface area contributed by atoms with Crippen molar-refractivity contribution in [1.82, 2.24) is 68.5 Å². The number of guanidine groups is 4. The molecule has 0 aliphatic carbocycles. The molecule has 552 valence electrons. The van der Waals surface area contributed by atoms with Crippen LogP contribution in [0, 0.1) is 17.8 Å². The van der Waals surface area contributed by atoms with E-state index < -0.39 is 150 Å². The van der Waals surface area contributed by atoms with Crippen LogP contribution >= 0.6 is 0 Å². The highest BCUT2D eigenvalue weighted by molar-refractivity contribution is 5.99. The number of carbonyl (C=O) groups is 12. The van der Waals surface area contributed by atoms with Crippen LogP contribution in [0.4, 0.5) is 0 Å². The van der Waals surface area contributed by atoms with Gasteiger partial charge in [0.25, 0.3) is 0 Å². The van der Waals surface area contributed by atoms with Crippen molar-refractivity contribution in [3.8, 4) is 0 Å². The van der Waals surface area contributed by atoms with Gasteiger partial charge in [0, 0.05) is 44.5 Å². The maximum absolute atomic E-state index is 14.4. The Kier molecular flexibility index (Phi) is 39.8. The highest BCUT2D eigenvalue weighted by atomic mass is 16.2. The van der Waals surface area contributed by atoms with Gasteiger partial charge in [-0.15, -0.1) is 0 Å². The zero-order chi connectivity index (χ0) is 74.4. The number of amides is 12. The number of rotatable bonds is 47. The van der Waals surface area contributed by atoms with Crippen LogP contribution in [0.3, 0.4) is 0 Å². The van der Waals surface area contributed by atoms with E-state index in [1.807, 2.05) is 13.8 Å². The summed E-state index contributed by atoms with van der Waals surface area (Å²) in [5.74, 6) is -11.2. The average molecular weight is 1390 g/mol. The lowest BCUT2D eigenvalue weighted by atomic mass is 9.97. The summed E-state index contributed by atoms with van der Waals surface area (Å²) in [6, 6.07) is -13.9. The fourth-order valence-corrected chi connectivity index (χ4v) is 9.31. The summed E-state index contributed by atoms with van der Waals surface area (Å²) < 4.78 is 0. The Morgan fingerprint density at radius 1 is 0.429 bits per heavy atom. The van der Waals surface area contributed by atoms with Crippen molar-refractivity contribution in [2.75, 3.05) is 32.7 Å². The highest BCUT2D eigenvalue weighted by Crippen LogP contribution is 2.13. The van der Waals surface area contributed by atoms with Gasteiger partial charge in [0.05, 0.1) is 18.9 Å². The van der Waals surface area contributed by atoms with Crippen molar-refractivity contribution in [3.05, 3.63) is 18.2 Å². The van der Waals surface area contributed by atoms with Crippen molar-refractivity contribution in [1.29, 1.82) is 0 Å². The predicted octanol–water partition coefficient (Wildman–Crippen LogP) is -7.86. The normalized spacial score (nSPS) is 14.7. The number of nitrogens with one attached hydrogen (secondary N) is 12. The number of hydrogen-bond donors (Lipinski definition) is 22. The fraction of sp³-hybridized carbons (Fsp3) is 0.678. The number of aromatic nitrogens is 2. The molecular formula is C59H109N27O12. The van der Waals surface area contributed by atoms with Gasteiger partial charge in [-0.3, -0.25) is 77.5 Å². The summed E-state index contributed by atoms with van der Waals surface area (Å²) in [6.07, 6.45) is 4.05. The lowest BCUT2D eigenvalue weighted by Crippen LogP contribution is -2.60. The zero-order valence-electron chi connectivity index (χ0n) is 57.7. The summed E-state index contributed by atoms with van der Waals surface area (Å²) in [6.45, 7) is 14.4. The Morgan fingerprint density at radius 2 is 0.786 bits per heavy atom. The molecule has 0 aliphatic heterocycles. The smallest absolute Gasteiger partial charge is 0.243 e. The van der Waals surface area contributed by atoms with Crippen LogP contribution in [0.5, 0.6) is 0 Å². The number of primary amides is 1. The third-order valence-corrected chi connectivity index (χ3v) is 14.8. The van der Waals surface area contributed by atoms with Crippen molar-refractivity contribution in [2.45, 2.75) is 206 Å². The minimum atomic E-state index is -1.45. The number of nitrogens with two attached hydrogens (primary N) is 10. The molecule has 0 bridgehead atoms. The van der Waals surface area contributed by atoms with Crippen LogP contribution in [-0.2, 0) is 64.0 Å². The molecule has 98 heavy (non-hydrogen) atoms. The second-order valence-electron chi connectivity index (χ2n) is 24.6. The van der Waals surface area contributed by atoms with Gasteiger partial charge in [0.1, 0.15) is 60.4 Å². The molecule has 0 aromatic carbocycles. The van der Waals surface area contributed by atoms with E-state index in [9.17, 15) is 57.5 Å². The third kappa shape index (κ3) is 35.6. The molecule has 1 rings (SSSR count). The van der Waals surface area contributed by atoms with E-state index in [-0.39, 0.29) is 126 Å². The minimum absolute atomic E-state index is 0.00602. The molecule has 0 saturated heterocycles. The van der Waals surface area contributed by atoms with Crippen LogP contribution in [-0.4, -0.2) is 204 Å². The second kappa shape index (κ2) is 45.3. The average Bonchev–Trinajstić information content (AvgIpc) is 1.01. The SMILES string of the molecule is CC[C@H](C)[C@H](NC(=O)[C@H](C)NC(=O)[C@H](CC(C)C)NC(=O)[C@H](CCCN=C(N)N)NC(=O)[C@H](Cc1cnc[nH]1)NC(=O)[C@H](C)NC(=O)[C@H](C)NC(=O)[C@H](CCCN=C(N)N)NC(=O)[C@@H](N)CC(C)C)C(=O)NCC(=O)N[C@@H](CCCN=C(N)N)C(=O)N[C@@H](CCCN=C(N)N)C(N)=O. The van der Waals surface area contributed by atoms with Gasteiger partial charge in [-0.1, -0.05) is 48.0 Å². The number of carbonyl (C=O) groups excluding carboxylic acids is 12. The standard InChI is InChI=1S/C59H109N27O12/c1-10-31(6)44(55(98)75-27-43(87)80-38(16-12-20-72-57(64)65)51(94)81-37(45(61)88)15-11-19-71-56(62)63)86-48(91)34(9)79-53(96)41(24-30(4)5)85-52(95)40(18-14-22-74-59(68)69)83-54(97)42(25-35-26-70-28-76-35)84-47(90)33(8)77-46(89)32(7)78-50(93)39(17-13-21-73-58(66)67)82-49(92)36(60)23-29(2)3/h26,28-34,36-42,44H,10-25,27,60H2,1-9H3,(H2,61,88)(H,70,76)(H,75,98)(H,77,89)(H,78,93)(H,79,96)(H,80,87)(H,81,94)(H,82,92)(H,83,97)(H,84,90)(H,85,95)(H,86,91)(H4,62,63,71)(H4,64,65,72)(H4,66,67,73)(H4,68,69,74)/t31-,32-,33-,34-,36-,37-,38-,39-,40-,41-,42-,44-/m0/s1. The molecule has 39 nitrogen and oxygen atoms in total. The Hall–Kier alpha value is -10.1. The van der Waals surface area contributed by atoms with Gasteiger partial charge < -0.3 is 121 Å². The lowest BCUT2D eigenvalue weighted by molar-refractivity contribution is -0.136. The van der Waals surface area contributed by atoms with Gasteiger partial charge in [-0.2, -0.15) is 0 Å². The summed E-state index contributed by atoms with van der Waals surface area (Å²) >= 11 is 0. The van der Waals surface area contributed by atoms with Crippen LogP contribution in [0.2, 0.25) is 0 Å². The molecule has 0 unspecified atom stereocenters. The molecule has 0 fully saturated rings. The van der Waals surface area contributed by atoms with Crippen molar-refractivity contribution in [2.24, 2.45) is 95.1 Å². The summed E-state index contributed by atoms with van der Waals surface area (Å²) in [4.78, 5) is 186. The first kappa shape index (κ1) is 85.9. The number of aromatic amines is 1. The Bertz CT molecular complexity index is 2890. The Labute approximate surface area is 570 Å². The summed E-state index contributed by atoms with van der Waals surface area (Å²) in [5, 5.41) is 28.4. The first-order valence-corrected chi connectivity index (χ1v) is 32.5. The number of imidazole rings is 1. The number of H-pyrrole nitrogens is 1. The molecule has 12 atom stereocenters. The molecule has 32 N–H and O–H groups in total. The number of hydrogen-bond acceptors (Lipinski definition) is 18. The van der Waals surface area contributed by atoms with Gasteiger partial charge in [-0.25, -0.2) is 4.98 Å². The summed E-state index contributed by atoms with van der Waals surface area (Å²) in [5.41, 5.74) is 55.6. The van der Waals surface area contributed by atoms with E-state index in [1.165, 1.54) is 33.3 Å². The van der Waals surface area contributed by atoms with Crippen LogP contribution in [0.1, 0.15) is 139 Å². The number of nitrogens with zero attached hydrogens (tertiary/aromatic N) is 5. The predicted molar refractivity (Wildman–Crippen MR) is 367 cm³/mol.